The molecule has 0 aromatic heterocycles. The second kappa shape index (κ2) is 6.28. The zero-order valence-corrected chi connectivity index (χ0v) is 11.8. The Hall–Kier alpha value is -2.23. The monoisotopic (exact) mass is 273 g/mol. The smallest absolute Gasteiger partial charge is 0.347 e. The summed E-state index contributed by atoms with van der Waals surface area (Å²) in [6.45, 7) is 4.02. The maximum absolute atomic E-state index is 11.8. The van der Waals surface area contributed by atoms with Gasteiger partial charge in [0.15, 0.2) is 6.10 Å². The minimum atomic E-state index is -0.595. The number of carbonyl (C=O) groups excluding carboxylic acids is 1. The molecule has 4 nitrogen and oxygen atoms in total. The van der Waals surface area contributed by atoms with E-state index in [2.05, 4.69) is 0 Å². The molecule has 2 rings (SSSR count). The lowest BCUT2D eigenvalue weighted by atomic mass is 10.1. The number of nitrogens with two attached hydrogens (primary N) is 1. The Kier molecular flexibility index (Phi) is 4.45. The van der Waals surface area contributed by atoms with Crippen molar-refractivity contribution in [3.05, 3.63) is 36.4 Å². The largest absolute Gasteiger partial charge is 0.478 e. The average molecular weight is 273 g/mol. The first-order valence-corrected chi connectivity index (χ1v) is 6.77. The molecule has 20 heavy (non-hydrogen) atoms. The minimum Gasteiger partial charge on any atom is -0.478 e. The molecule has 0 amide bonds. The van der Waals surface area contributed by atoms with Crippen LogP contribution in [0, 0.1) is 0 Å². The van der Waals surface area contributed by atoms with Crippen LogP contribution in [-0.2, 0) is 9.53 Å². The van der Waals surface area contributed by atoms with Crippen molar-refractivity contribution in [2.45, 2.75) is 26.4 Å². The Morgan fingerprint density at radius 3 is 2.50 bits per heavy atom. The predicted octanol–water partition coefficient (Wildman–Crippen LogP) is 3.14. The van der Waals surface area contributed by atoms with E-state index < -0.39 is 6.10 Å². The fourth-order valence-corrected chi connectivity index (χ4v) is 2.08. The highest BCUT2D eigenvalue weighted by Gasteiger charge is 2.20. The van der Waals surface area contributed by atoms with Gasteiger partial charge in [-0.3, -0.25) is 0 Å². The molecule has 0 spiro atoms. The van der Waals surface area contributed by atoms with Crippen LogP contribution in [0.1, 0.15) is 20.3 Å². The third-order valence-electron chi connectivity index (χ3n) is 3.11. The molecule has 0 bridgehead atoms. The Morgan fingerprint density at radius 1 is 1.15 bits per heavy atom. The van der Waals surface area contributed by atoms with Gasteiger partial charge in [-0.1, -0.05) is 31.2 Å². The van der Waals surface area contributed by atoms with Crippen LogP contribution in [0.25, 0.3) is 10.8 Å². The quantitative estimate of drug-likeness (QED) is 0.671. The Balaban J connectivity index is 2.33. The number of rotatable bonds is 5. The molecule has 4 heteroatoms. The number of anilines is 1. The van der Waals surface area contributed by atoms with Crippen molar-refractivity contribution in [3.63, 3.8) is 0 Å². The van der Waals surface area contributed by atoms with Crippen molar-refractivity contribution in [3.8, 4) is 5.75 Å². The fourth-order valence-electron chi connectivity index (χ4n) is 2.08. The van der Waals surface area contributed by atoms with Gasteiger partial charge in [0.1, 0.15) is 5.75 Å². The number of benzene rings is 2. The Bertz CT molecular complexity index is 610. The lowest BCUT2D eigenvalue weighted by Crippen LogP contribution is -2.28. The first-order valence-electron chi connectivity index (χ1n) is 6.77. The number of carbonyl (C=O) groups is 1. The van der Waals surface area contributed by atoms with E-state index in [1.807, 2.05) is 31.2 Å². The highest BCUT2D eigenvalue weighted by atomic mass is 16.6. The van der Waals surface area contributed by atoms with Crippen molar-refractivity contribution >= 4 is 22.4 Å². The first kappa shape index (κ1) is 14.2. The minimum absolute atomic E-state index is 0.337. The number of hydrogen-bond donors (Lipinski definition) is 1. The van der Waals surface area contributed by atoms with Gasteiger partial charge < -0.3 is 15.2 Å². The lowest BCUT2D eigenvalue weighted by molar-refractivity contribution is -0.151. The zero-order valence-electron chi connectivity index (χ0n) is 11.8. The molecule has 0 saturated carbocycles. The topological polar surface area (TPSA) is 61.5 Å². The van der Waals surface area contributed by atoms with Crippen molar-refractivity contribution in [2.75, 3.05) is 12.3 Å². The summed E-state index contributed by atoms with van der Waals surface area (Å²) in [6.07, 6.45) is -0.0423. The van der Waals surface area contributed by atoms with Gasteiger partial charge in [-0.25, -0.2) is 4.79 Å². The van der Waals surface area contributed by atoms with E-state index in [9.17, 15) is 4.79 Å². The van der Waals surface area contributed by atoms with Gasteiger partial charge in [0.25, 0.3) is 0 Å². The number of esters is 1. The molecule has 0 aliphatic rings. The van der Waals surface area contributed by atoms with E-state index in [1.54, 1.807) is 19.1 Å². The maximum atomic E-state index is 11.8. The standard InChI is InChI=1S/C16H19NO3/c1-3-14(16(18)19-4-2)20-15-10-9-13(17)11-7-5-6-8-12(11)15/h5-10,14H,3-4,17H2,1-2H3. The first-order chi connectivity index (χ1) is 9.67. The normalized spacial score (nSPS) is 12.1. The van der Waals surface area contributed by atoms with Crippen LogP contribution in [0.15, 0.2) is 36.4 Å². The molecule has 2 aromatic carbocycles. The summed E-state index contributed by atoms with van der Waals surface area (Å²) >= 11 is 0. The molecule has 1 atom stereocenters. The molecular weight excluding hydrogens is 254 g/mol. The summed E-state index contributed by atoms with van der Waals surface area (Å²) < 4.78 is 10.8. The van der Waals surface area contributed by atoms with Gasteiger partial charge in [0, 0.05) is 16.5 Å². The van der Waals surface area contributed by atoms with Gasteiger partial charge in [0.05, 0.1) is 6.61 Å². The molecule has 2 N–H and O–H groups in total. The molecule has 0 aliphatic carbocycles. The summed E-state index contributed by atoms with van der Waals surface area (Å²) in [5, 5.41) is 1.82. The van der Waals surface area contributed by atoms with Crippen LogP contribution in [-0.4, -0.2) is 18.7 Å². The van der Waals surface area contributed by atoms with E-state index in [0.29, 0.717) is 24.5 Å². The van der Waals surface area contributed by atoms with Crippen molar-refractivity contribution < 1.29 is 14.3 Å². The van der Waals surface area contributed by atoms with E-state index >= 15 is 0 Å². The second-order valence-corrected chi connectivity index (χ2v) is 4.47. The van der Waals surface area contributed by atoms with Gasteiger partial charge in [0.2, 0.25) is 0 Å². The SMILES string of the molecule is CCOC(=O)C(CC)Oc1ccc(N)c2ccccc12. The summed E-state index contributed by atoms with van der Waals surface area (Å²) in [6, 6.07) is 11.3. The van der Waals surface area contributed by atoms with Gasteiger partial charge in [-0.05, 0) is 25.5 Å². The zero-order chi connectivity index (χ0) is 14.5. The number of nitrogen functional groups attached to an aromatic ring is 1. The summed E-state index contributed by atoms with van der Waals surface area (Å²) in [5.41, 5.74) is 6.64. The van der Waals surface area contributed by atoms with Crippen LogP contribution in [0.3, 0.4) is 0 Å². The second-order valence-electron chi connectivity index (χ2n) is 4.47. The summed E-state index contributed by atoms with van der Waals surface area (Å²) in [5.74, 6) is 0.311. The number of hydrogen-bond acceptors (Lipinski definition) is 4. The van der Waals surface area contributed by atoms with Crippen LogP contribution >= 0.6 is 0 Å². The van der Waals surface area contributed by atoms with Crippen molar-refractivity contribution in [1.29, 1.82) is 0 Å². The molecule has 106 valence electrons. The molecule has 0 aliphatic heterocycles. The highest BCUT2D eigenvalue weighted by molar-refractivity contribution is 5.97. The molecule has 0 fully saturated rings. The Labute approximate surface area is 118 Å². The van der Waals surface area contributed by atoms with Crippen LogP contribution in [0.4, 0.5) is 5.69 Å². The number of ether oxygens (including phenoxy) is 2. The summed E-state index contributed by atoms with van der Waals surface area (Å²) in [4.78, 5) is 11.8. The third-order valence-corrected chi connectivity index (χ3v) is 3.11. The van der Waals surface area contributed by atoms with E-state index in [1.165, 1.54) is 0 Å². The van der Waals surface area contributed by atoms with Gasteiger partial charge >= 0.3 is 5.97 Å². The predicted molar refractivity (Wildman–Crippen MR) is 79.7 cm³/mol. The molecule has 1 unspecified atom stereocenters. The Morgan fingerprint density at radius 2 is 1.85 bits per heavy atom. The van der Waals surface area contributed by atoms with Crippen LogP contribution in [0.2, 0.25) is 0 Å². The molecular formula is C16H19NO3. The van der Waals surface area contributed by atoms with Gasteiger partial charge in [-0.15, -0.1) is 0 Å². The van der Waals surface area contributed by atoms with Crippen LogP contribution in [0.5, 0.6) is 5.75 Å². The average Bonchev–Trinajstić information content (AvgIpc) is 2.47. The molecule has 2 aromatic rings. The van der Waals surface area contributed by atoms with E-state index in [4.69, 9.17) is 15.2 Å². The van der Waals surface area contributed by atoms with Crippen LogP contribution < -0.4 is 10.5 Å². The van der Waals surface area contributed by atoms with Gasteiger partial charge in [-0.2, -0.15) is 0 Å². The van der Waals surface area contributed by atoms with Crippen molar-refractivity contribution in [1.82, 2.24) is 0 Å². The molecule has 0 saturated heterocycles. The fraction of sp³-hybridized carbons (Fsp3) is 0.312. The summed E-state index contributed by atoms with van der Waals surface area (Å²) in [7, 11) is 0. The van der Waals surface area contributed by atoms with E-state index in [0.717, 1.165) is 10.8 Å². The van der Waals surface area contributed by atoms with E-state index in [-0.39, 0.29) is 5.97 Å². The lowest BCUT2D eigenvalue weighted by Gasteiger charge is -2.17. The number of fused-ring (bicyclic) bond motifs is 1. The third kappa shape index (κ3) is 2.85. The highest BCUT2D eigenvalue weighted by Crippen LogP contribution is 2.30. The van der Waals surface area contributed by atoms with Crippen molar-refractivity contribution in [2.24, 2.45) is 0 Å². The molecule has 0 heterocycles. The maximum Gasteiger partial charge on any atom is 0.347 e. The molecule has 0 radical (unpaired) electrons.